The lowest BCUT2D eigenvalue weighted by molar-refractivity contribution is -0.120. The minimum atomic E-state index is -0.552. The molecule has 3 aliphatic rings. The molecular weight excluding hydrogens is 494 g/mol. The van der Waals surface area contributed by atoms with Crippen LogP contribution < -0.4 is 16.0 Å². The van der Waals surface area contributed by atoms with Crippen molar-refractivity contribution in [3.63, 3.8) is 0 Å². The number of anilines is 1. The van der Waals surface area contributed by atoms with E-state index in [9.17, 15) is 4.79 Å². The molecule has 4 aromatic rings. The van der Waals surface area contributed by atoms with Gasteiger partial charge in [0.2, 0.25) is 5.91 Å². The lowest BCUT2D eigenvalue weighted by Crippen LogP contribution is -2.43. The van der Waals surface area contributed by atoms with Gasteiger partial charge in [-0.1, -0.05) is 49.2 Å². The van der Waals surface area contributed by atoms with E-state index in [0.717, 1.165) is 36.1 Å². The summed E-state index contributed by atoms with van der Waals surface area (Å²) < 4.78 is 0. The maximum absolute atomic E-state index is 13.1. The Morgan fingerprint density at radius 2 is 1.75 bits per heavy atom. The van der Waals surface area contributed by atoms with Crippen LogP contribution in [0.25, 0.3) is 10.9 Å². The van der Waals surface area contributed by atoms with E-state index < -0.39 is 5.41 Å². The van der Waals surface area contributed by atoms with Crippen LogP contribution >= 0.6 is 0 Å². The molecule has 2 aromatic heterocycles. The molecule has 2 aliphatic carbocycles. The molecule has 6 heteroatoms. The average Bonchev–Trinajstić information content (AvgIpc) is 3.65. The zero-order chi connectivity index (χ0) is 27.2. The standard InChI is InChI=1S/C34H37N5O/c1-33(11-5-6-12-33)38-22-28(24-8-3-2-4-9-24)21-35-19-23-14-25-15-26-17-34(18-27(26)16-30(25)37-20-23)29-10-7-13-36-31(29)39-32(34)40/h2-4,7-10,13-16,20,28,35,38H,5-6,11-12,17-19,21-22H2,1H3,(H,36,39,40)/t28?,34-/m0/s1. The van der Waals surface area contributed by atoms with E-state index in [1.165, 1.54) is 47.9 Å². The van der Waals surface area contributed by atoms with Crippen molar-refractivity contribution in [2.45, 2.75) is 68.9 Å². The van der Waals surface area contributed by atoms with E-state index in [-0.39, 0.29) is 11.4 Å². The summed E-state index contributed by atoms with van der Waals surface area (Å²) in [7, 11) is 0. The van der Waals surface area contributed by atoms with Crippen molar-refractivity contribution >= 4 is 22.6 Å². The first-order valence-electron chi connectivity index (χ1n) is 14.7. The van der Waals surface area contributed by atoms with Gasteiger partial charge in [0.05, 0.1) is 10.9 Å². The Morgan fingerprint density at radius 1 is 0.950 bits per heavy atom. The van der Waals surface area contributed by atoms with Crippen LogP contribution in [0.4, 0.5) is 5.82 Å². The molecule has 1 amide bonds. The summed E-state index contributed by atoms with van der Waals surface area (Å²) in [6.07, 6.45) is 10.3. The number of aromatic nitrogens is 2. The highest BCUT2D eigenvalue weighted by Gasteiger charge is 2.51. The van der Waals surface area contributed by atoms with Crippen molar-refractivity contribution in [2.24, 2.45) is 0 Å². The summed E-state index contributed by atoms with van der Waals surface area (Å²) in [5, 5.41) is 11.8. The van der Waals surface area contributed by atoms with Crippen molar-refractivity contribution in [1.82, 2.24) is 20.6 Å². The molecule has 3 N–H and O–H groups in total. The second-order valence-corrected chi connectivity index (χ2v) is 12.3. The van der Waals surface area contributed by atoms with Crippen molar-refractivity contribution < 1.29 is 4.79 Å². The number of nitrogens with one attached hydrogen (secondary N) is 3. The molecular formula is C34H37N5O. The topological polar surface area (TPSA) is 78.9 Å². The quantitative estimate of drug-likeness (QED) is 0.283. The number of hydrogen-bond donors (Lipinski definition) is 3. The van der Waals surface area contributed by atoms with Crippen molar-refractivity contribution in [3.8, 4) is 0 Å². The normalized spacial score (nSPS) is 21.5. The van der Waals surface area contributed by atoms with E-state index in [1.807, 2.05) is 18.3 Å². The van der Waals surface area contributed by atoms with E-state index in [1.54, 1.807) is 6.20 Å². The van der Waals surface area contributed by atoms with Gasteiger partial charge in [-0.2, -0.15) is 0 Å². The number of fused-ring (bicyclic) bond motifs is 4. The van der Waals surface area contributed by atoms with Gasteiger partial charge in [0.1, 0.15) is 5.82 Å². The van der Waals surface area contributed by atoms with Gasteiger partial charge in [-0.25, -0.2) is 4.98 Å². The number of carbonyl (C=O) groups is 1. The monoisotopic (exact) mass is 531 g/mol. The van der Waals surface area contributed by atoms with Crippen LogP contribution in [0.5, 0.6) is 0 Å². The molecule has 1 saturated carbocycles. The highest BCUT2D eigenvalue weighted by atomic mass is 16.2. The summed E-state index contributed by atoms with van der Waals surface area (Å²) in [5.41, 5.74) is 6.72. The number of hydrogen-bond acceptors (Lipinski definition) is 5. The van der Waals surface area contributed by atoms with Crippen LogP contribution in [0, 0.1) is 0 Å². The summed E-state index contributed by atoms with van der Waals surface area (Å²) in [4.78, 5) is 22.3. The zero-order valence-electron chi connectivity index (χ0n) is 23.2. The molecule has 0 saturated heterocycles. The fourth-order valence-corrected chi connectivity index (χ4v) is 7.17. The van der Waals surface area contributed by atoms with Gasteiger partial charge >= 0.3 is 0 Å². The van der Waals surface area contributed by atoms with Gasteiger partial charge in [-0.15, -0.1) is 0 Å². The van der Waals surface area contributed by atoms with Gasteiger partial charge in [0, 0.05) is 54.4 Å². The lowest BCUT2D eigenvalue weighted by Gasteiger charge is -2.29. The van der Waals surface area contributed by atoms with Crippen LogP contribution in [0.2, 0.25) is 0 Å². The molecule has 1 fully saturated rings. The van der Waals surface area contributed by atoms with Crippen molar-refractivity contribution in [2.75, 3.05) is 18.4 Å². The minimum absolute atomic E-state index is 0.0590. The number of rotatable bonds is 8. The Kier molecular flexibility index (Phi) is 6.40. The summed E-state index contributed by atoms with van der Waals surface area (Å²) >= 11 is 0. The third kappa shape index (κ3) is 4.59. The van der Waals surface area contributed by atoms with Crippen LogP contribution in [-0.4, -0.2) is 34.5 Å². The lowest BCUT2D eigenvalue weighted by atomic mass is 9.79. The molecule has 6 nitrogen and oxygen atoms in total. The number of benzene rings is 2. The second-order valence-electron chi connectivity index (χ2n) is 12.3. The Labute approximate surface area is 236 Å². The number of amides is 1. The largest absolute Gasteiger partial charge is 0.312 e. The molecule has 204 valence electrons. The van der Waals surface area contributed by atoms with Crippen molar-refractivity contribution in [3.05, 3.63) is 101 Å². The minimum Gasteiger partial charge on any atom is -0.312 e. The zero-order valence-corrected chi connectivity index (χ0v) is 23.2. The second kappa shape index (κ2) is 10.1. The third-order valence-corrected chi connectivity index (χ3v) is 9.51. The van der Waals surface area contributed by atoms with Crippen LogP contribution in [-0.2, 0) is 29.6 Å². The first-order chi connectivity index (χ1) is 19.5. The van der Waals surface area contributed by atoms with Crippen molar-refractivity contribution in [1.29, 1.82) is 0 Å². The highest BCUT2D eigenvalue weighted by Crippen LogP contribution is 2.47. The van der Waals surface area contributed by atoms with Crippen LogP contribution in [0.1, 0.15) is 66.3 Å². The van der Waals surface area contributed by atoms with Gasteiger partial charge in [0.15, 0.2) is 0 Å². The number of pyridine rings is 2. The fourth-order valence-electron chi connectivity index (χ4n) is 7.17. The predicted molar refractivity (Wildman–Crippen MR) is 159 cm³/mol. The molecule has 1 spiro atoms. The SMILES string of the molecule is CC1(NCC(CNCc2cnc3cc4c(cc3c2)C[C@@]2(C4)C(=O)Nc3ncccc32)c2ccccc2)CCCC1. The predicted octanol–water partition coefficient (Wildman–Crippen LogP) is 5.41. The molecule has 0 bridgehead atoms. The maximum Gasteiger partial charge on any atom is 0.237 e. The summed E-state index contributed by atoms with van der Waals surface area (Å²) in [6.45, 7) is 5.03. The van der Waals surface area contributed by atoms with Crippen LogP contribution in [0.3, 0.4) is 0 Å². The number of carbonyl (C=O) groups excluding carboxylic acids is 1. The van der Waals surface area contributed by atoms with Gasteiger partial charge in [0.25, 0.3) is 0 Å². The van der Waals surface area contributed by atoms with Gasteiger partial charge in [-0.3, -0.25) is 9.78 Å². The smallest absolute Gasteiger partial charge is 0.237 e. The maximum atomic E-state index is 13.1. The Hall–Kier alpha value is -3.61. The fraction of sp³-hybridized carbons (Fsp3) is 0.382. The summed E-state index contributed by atoms with van der Waals surface area (Å²) in [6, 6.07) is 21.5. The molecule has 3 heterocycles. The van der Waals surface area contributed by atoms with E-state index in [0.29, 0.717) is 24.6 Å². The van der Waals surface area contributed by atoms with E-state index in [4.69, 9.17) is 4.98 Å². The van der Waals surface area contributed by atoms with E-state index >= 15 is 0 Å². The Balaban J connectivity index is 1.06. The Bertz CT molecular complexity index is 1560. The first-order valence-corrected chi connectivity index (χ1v) is 14.7. The molecule has 2 aromatic carbocycles. The summed E-state index contributed by atoms with van der Waals surface area (Å²) in [5.74, 6) is 1.17. The Morgan fingerprint density at radius 3 is 2.58 bits per heavy atom. The third-order valence-electron chi connectivity index (χ3n) is 9.51. The number of nitrogens with zero attached hydrogens (tertiary/aromatic N) is 2. The molecule has 40 heavy (non-hydrogen) atoms. The first kappa shape index (κ1) is 25.4. The molecule has 2 atom stereocenters. The van der Waals surface area contributed by atoms with Gasteiger partial charge < -0.3 is 16.0 Å². The highest BCUT2D eigenvalue weighted by molar-refractivity contribution is 6.06. The molecule has 7 rings (SSSR count). The van der Waals surface area contributed by atoms with E-state index in [2.05, 4.69) is 76.4 Å². The average molecular weight is 532 g/mol. The molecule has 1 aliphatic heterocycles. The molecule has 1 unspecified atom stereocenters. The van der Waals surface area contributed by atoms with Crippen LogP contribution in [0.15, 0.2) is 73.1 Å². The van der Waals surface area contributed by atoms with Gasteiger partial charge in [-0.05, 0) is 79.1 Å². The molecule has 0 radical (unpaired) electrons.